The van der Waals surface area contributed by atoms with Gasteiger partial charge in [0, 0.05) is 23.6 Å². The fourth-order valence-corrected chi connectivity index (χ4v) is 4.45. The second kappa shape index (κ2) is 10.1. The minimum Gasteiger partial charge on any atom is -0.364 e. The largest absolute Gasteiger partial charge is 0.364 e. The molecule has 11 nitrogen and oxygen atoms in total. The molecular formula is C25H23FN8O3. The topological polar surface area (TPSA) is 149 Å². The maximum Gasteiger partial charge on any atom is 0.269 e. The highest BCUT2D eigenvalue weighted by Gasteiger charge is 2.40. The van der Waals surface area contributed by atoms with Crippen LogP contribution >= 0.6 is 0 Å². The molecule has 1 fully saturated rings. The van der Waals surface area contributed by atoms with Crippen molar-refractivity contribution in [2.75, 3.05) is 6.54 Å². The number of carbonyl (C=O) groups excluding carboxylic acids is 3. The lowest BCUT2D eigenvalue weighted by Gasteiger charge is -2.23. The zero-order valence-corrected chi connectivity index (χ0v) is 19.6. The summed E-state index contributed by atoms with van der Waals surface area (Å²) in [6.45, 7) is -0.339. The highest BCUT2D eigenvalue weighted by molar-refractivity contribution is 6.05. The van der Waals surface area contributed by atoms with Gasteiger partial charge in [0.05, 0.1) is 36.7 Å². The molecule has 2 unspecified atom stereocenters. The smallest absolute Gasteiger partial charge is 0.269 e. The van der Waals surface area contributed by atoms with Crippen molar-refractivity contribution in [2.45, 2.75) is 31.7 Å². The van der Waals surface area contributed by atoms with Crippen molar-refractivity contribution in [3.63, 3.8) is 0 Å². The molecular weight excluding hydrogens is 479 g/mol. The van der Waals surface area contributed by atoms with E-state index >= 15 is 0 Å². The SMILES string of the molecule is NC(=O)c1nn(CC(=O)N2CC(F)CC2C(=O)NCc2ccccn2)c2ccc(-c3ccnnc3)cc12. The van der Waals surface area contributed by atoms with E-state index in [0.717, 1.165) is 11.1 Å². The van der Waals surface area contributed by atoms with Crippen molar-refractivity contribution in [3.8, 4) is 11.1 Å². The second-order valence-electron chi connectivity index (χ2n) is 8.67. The lowest BCUT2D eigenvalue weighted by atomic mass is 10.0. The van der Waals surface area contributed by atoms with Crippen molar-refractivity contribution in [3.05, 3.63) is 72.4 Å². The number of hydrogen-bond donors (Lipinski definition) is 2. The van der Waals surface area contributed by atoms with Gasteiger partial charge >= 0.3 is 0 Å². The molecule has 5 rings (SSSR count). The Morgan fingerprint density at radius 1 is 1.08 bits per heavy atom. The van der Waals surface area contributed by atoms with Crippen LogP contribution in [0.1, 0.15) is 22.6 Å². The molecule has 0 bridgehead atoms. The van der Waals surface area contributed by atoms with Gasteiger partial charge in [-0.1, -0.05) is 12.1 Å². The number of benzene rings is 1. The third-order valence-electron chi connectivity index (χ3n) is 6.23. The predicted octanol–water partition coefficient (Wildman–Crippen LogP) is 1.24. The Bertz CT molecular complexity index is 1460. The van der Waals surface area contributed by atoms with Gasteiger partial charge in [0.2, 0.25) is 11.8 Å². The molecule has 0 spiro atoms. The quantitative estimate of drug-likeness (QED) is 0.386. The van der Waals surface area contributed by atoms with E-state index in [1.165, 1.54) is 9.58 Å². The standard InChI is InChI=1S/C25H23FN8O3/c26-17-10-21(25(37)29-12-18-3-1-2-7-28-18)33(13-17)22(35)14-34-20-5-4-15(16-6-8-30-31-11-16)9-19(20)23(32-34)24(27)36/h1-9,11,17,21H,10,12-14H2,(H2,27,36)(H,29,37). The van der Waals surface area contributed by atoms with Crippen molar-refractivity contribution in [1.82, 2.24) is 35.2 Å². The summed E-state index contributed by atoms with van der Waals surface area (Å²) in [6, 6.07) is 11.4. The van der Waals surface area contributed by atoms with E-state index in [4.69, 9.17) is 5.73 Å². The highest BCUT2D eigenvalue weighted by atomic mass is 19.1. The summed E-state index contributed by atoms with van der Waals surface area (Å²) in [6.07, 6.45) is 3.31. The Morgan fingerprint density at radius 3 is 2.68 bits per heavy atom. The molecule has 3 aromatic heterocycles. The first-order valence-electron chi connectivity index (χ1n) is 11.6. The summed E-state index contributed by atoms with van der Waals surface area (Å²) in [5.41, 5.74) is 8.25. The number of amides is 3. The molecule has 0 aliphatic carbocycles. The maximum absolute atomic E-state index is 14.3. The zero-order valence-electron chi connectivity index (χ0n) is 19.6. The van der Waals surface area contributed by atoms with E-state index in [1.54, 1.807) is 61.1 Å². The molecule has 3 N–H and O–H groups in total. The van der Waals surface area contributed by atoms with E-state index in [-0.39, 0.29) is 31.7 Å². The molecule has 2 atom stereocenters. The Morgan fingerprint density at radius 2 is 1.95 bits per heavy atom. The average molecular weight is 503 g/mol. The summed E-state index contributed by atoms with van der Waals surface area (Å²) in [5, 5.41) is 15.1. The number of aromatic nitrogens is 5. The molecule has 0 saturated carbocycles. The Balaban J connectivity index is 1.37. The first-order chi connectivity index (χ1) is 17.9. The average Bonchev–Trinajstić information content (AvgIpc) is 3.49. The van der Waals surface area contributed by atoms with Gasteiger partial charge in [-0.25, -0.2) is 4.39 Å². The fraction of sp³-hybridized carbons (Fsp3) is 0.240. The third kappa shape index (κ3) is 4.99. The molecule has 188 valence electrons. The third-order valence-corrected chi connectivity index (χ3v) is 6.23. The molecule has 12 heteroatoms. The van der Waals surface area contributed by atoms with Gasteiger partial charge in [0.1, 0.15) is 18.8 Å². The van der Waals surface area contributed by atoms with Crippen molar-refractivity contribution < 1.29 is 18.8 Å². The number of primary amides is 1. The fourth-order valence-electron chi connectivity index (χ4n) is 4.45. The minimum atomic E-state index is -1.33. The normalized spacial score (nSPS) is 17.2. The van der Waals surface area contributed by atoms with E-state index in [9.17, 15) is 18.8 Å². The van der Waals surface area contributed by atoms with Crippen LogP contribution in [0.4, 0.5) is 4.39 Å². The molecule has 4 heterocycles. The number of nitrogens with zero attached hydrogens (tertiary/aromatic N) is 6. The minimum absolute atomic E-state index is 0.00103. The van der Waals surface area contributed by atoms with Crippen LogP contribution in [0.25, 0.3) is 22.0 Å². The Labute approximate surface area is 210 Å². The molecule has 0 radical (unpaired) electrons. The van der Waals surface area contributed by atoms with E-state index in [0.29, 0.717) is 16.6 Å². The van der Waals surface area contributed by atoms with Crippen molar-refractivity contribution >= 4 is 28.6 Å². The van der Waals surface area contributed by atoms with Gasteiger partial charge in [-0.2, -0.15) is 15.3 Å². The highest BCUT2D eigenvalue weighted by Crippen LogP contribution is 2.27. The summed E-state index contributed by atoms with van der Waals surface area (Å²) in [7, 11) is 0. The molecule has 1 aliphatic heterocycles. The number of fused-ring (bicyclic) bond motifs is 1. The molecule has 4 aromatic rings. The number of carbonyl (C=O) groups is 3. The molecule has 1 saturated heterocycles. The van der Waals surface area contributed by atoms with Crippen LogP contribution in [-0.2, 0) is 22.7 Å². The number of alkyl halides is 1. The number of halogens is 1. The number of nitrogens with one attached hydrogen (secondary N) is 1. The van der Waals surface area contributed by atoms with Crippen LogP contribution in [0.2, 0.25) is 0 Å². The van der Waals surface area contributed by atoms with E-state index in [1.807, 2.05) is 0 Å². The lowest BCUT2D eigenvalue weighted by Crippen LogP contribution is -2.46. The van der Waals surface area contributed by atoms with Crippen LogP contribution in [0.3, 0.4) is 0 Å². The monoisotopic (exact) mass is 502 g/mol. The van der Waals surface area contributed by atoms with Gasteiger partial charge in [-0.05, 0) is 35.9 Å². The summed E-state index contributed by atoms with van der Waals surface area (Å²) < 4.78 is 15.7. The van der Waals surface area contributed by atoms with Crippen molar-refractivity contribution in [1.29, 1.82) is 0 Å². The number of nitrogens with two attached hydrogens (primary N) is 1. The Kier molecular flexibility index (Phi) is 6.54. The summed E-state index contributed by atoms with van der Waals surface area (Å²) in [4.78, 5) is 43.5. The van der Waals surface area contributed by atoms with Crippen LogP contribution < -0.4 is 11.1 Å². The van der Waals surface area contributed by atoms with E-state index in [2.05, 4.69) is 25.6 Å². The summed E-state index contributed by atoms with van der Waals surface area (Å²) in [5.74, 6) is -1.71. The first kappa shape index (κ1) is 24.0. The maximum atomic E-state index is 14.3. The lowest BCUT2D eigenvalue weighted by molar-refractivity contribution is -0.139. The number of rotatable bonds is 7. The number of pyridine rings is 1. The van der Waals surface area contributed by atoms with Gasteiger partial charge < -0.3 is 16.0 Å². The van der Waals surface area contributed by atoms with Gasteiger partial charge in [-0.15, -0.1) is 0 Å². The number of likely N-dealkylation sites (tertiary alicyclic amines) is 1. The first-order valence-corrected chi connectivity index (χ1v) is 11.6. The van der Waals surface area contributed by atoms with Gasteiger partial charge in [0.25, 0.3) is 5.91 Å². The summed E-state index contributed by atoms with van der Waals surface area (Å²) >= 11 is 0. The van der Waals surface area contributed by atoms with Crippen molar-refractivity contribution in [2.24, 2.45) is 5.73 Å². The Hall–Kier alpha value is -4.74. The van der Waals surface area contributed by atoms with E-state index < -0.39 is 29.9 Å². The number of hydrogen-bond acceptors (Lipinski definition) is 7. The van der Waals surface area contributed by atoms with Crippen LogP contribution in [0.15, 0.2) is 61.1 Å². The molecule has 1 aliphatic rings. The van der Waals surface area contributed by atoms with Crippen LogP contribution in [0, 0.1) is 0 Å². The molecule has 3 amide bonds. The molecule has 1 aromatic carbocycles. The van der Waals surface area contributed by atoms with Crippen LogP contribution in [-0.4, -0.2) is 66.3 Å². The predicted molar refractivity (Wildman–Crippen MR) is 130 cm³/mol. The van der Waals surface area contributed by atoms with Gasteiger partial charge in [0.15, 0.2) is 5.69 Å². The second-order valence-corrected chi connectivity index (χ2v) is 8.67. The molecule has 37 heavy (non-hydrogen) atoms. The van der Waals surface area contributed by atoms with Crippen LogP contribution in [0.5, 0.6) is 0 Å². The van der Waals surface area contributed by atoms with Gasteiger partial charge in [-0.3, -0.25) is 24.0 Å². The zero-order chi connectivity index (χ0) is 25.9.